The van der Waals surface area contributed by atoms with Gasteiger partial charge >= 0.3 is 0 Å². The molecular formula is C7H7N5. The second kappa shape index (κ2) is 3.85. The Morgan fingerprint density at radius 2 is 1.83 bits per heavy atom. The van der Waals surface area contributed by atoms with Gasteiger partial charge in [-0.1, -0.05) is 0 Å². The molecule has 5 heteroatoms. The largest absolute Gasteiger partial charge is 0.403 e. The van der Waals surface area contributed by atoms with Crippen molar-refractivity contribution < 1.29 is 0 Å². The van der Waals surface area contributed by atoms with Crippen molar-refractivity contribution in [3.05, 3.63) is 11.9 Å². The number of nitriles is 3. The Morgan fingerprint density at radius 1 is 1.33 bits per heavy atom. The number of rotatable bonds is 2. The van der Waals surface area contributed by atoms with Crippen molar-refractivity contribution in [2.75, 3.05) is 0 Å². The molecule has 0 aromatic rings. The lowest BCUT2D eigenvalue weighted by Gasteiger charge is -2.13. The molecule has 5 nitrogen and oxygen atoms in total. The van der Waals surface area contributed by atoms with Crippen LogP contribution in [0.25, 0.3) is 0 Å². The molecule has 4 N–H and O–H groups in total. The highest BCUT2D eigenvalue weighted by Gasteiger charge is 2.33. The Hall–Kier alpha value is -2.19. The fraction of sp³-hybridized carbons (Fsp3) is 0.286. The molecule has 0 atom stereocenters. The molecule has 0 saturated heterocycles. The highest BCUT2D eigenvalue weighted by atomic mass is 14.7. The van der Waals surface area contributed by atoms with Gasteiger partial charge < -0.3 is 11.5 Å². The lowest BCUT2D eigenvalue weighted by molar-refractivity contribution is 0.625. The lowest BCUT2D eigenvalue weighted by atomic mass is 9.85. The normalized spacial score (nSPS) is 10.9. The van der Waals surface area contributed by atoms with Crippen molar-refractivity contribution in [1.82, 2.24) is 0 Å². The second-order valence-electron chi connectivity index (χ2n) is 2.09. The molecule has 12 heavy (non-hydrogen) atoms. The third-order valence-corrected chi connectivity index (χ3v) is 1.40. The Kier molecular flexibility index (Phi) is 3.15. The van der Waals surface area contributed by atoms with E-state index in [1.54, 1.807) is 18.2 Å². The SMILES string of the molecule is N#CCC(C#N)(C#N)/C(N)=C\N. The van der Waals surface area contributed by atoms with E-state index in [1.165, 1.54) is 0 Å². The smallest absolute Gasteiger partial charge is 0.196 e. The summed E-state index contributed by atoms with van der Waals surface area (Å²) in [6.45, 7) is 0. The summed E-state index contributed by atoms with van der Waals surface area (Å²) in [5.41, 5.74) is 8.66. The highest BCUT2D eigenvalue weighted by molar-refractivity contribution is 5.32. The fourth-order valence-corrected chi connectivity index (χ4v) is 0.596. The number of nitrogens with zero attached hydrogens (tertiary/aromatic N) is 3. The van der Waals surface area contributed by atoms with Crippen LogP contribution in [0.4, 0.5) is 0 Å². The fourth-order valence-electron chi connectivity index (χ4n) is 0.596. The summed E-state index contributed by atoms with van der Waals surface area (Å²) in [6, 6.07) is 5.02. The predicted octanol–water partition coefficient (Wildman–Crippen LogP) is -0.308. The minimum Gasteiger partial charge on any atom is -0.403 e. The molecule has 0 aliphatic heterocycles. The van der Waals surface area contributed by atoms with E-state index in [9.17, 15) is 0 Å². The summed E-state index contributed by atoms with van der Waals surface area (Å²) in [6.07, 6.45) is 0.684. The molecule has 0 bridgehead atoms. The topological polar surface area (TPSA) is 123 Å². The number of hydrogen-bond donors (Lipinski definition) is 2. The van der Waals surface area contributed by atoms with Gasteiger partial charge in [0.15, 0.2) is 5.41 Å². The standard InChI is InChI=1S/C7H7N5/c8-2-1-7(4-10,5-11)6(12)3-9/h3H,1,9,12H2/b6-3+. The van der Waals surface area contributed by atoms with Crippen molar-refractivity contribution in [1.29, 1.82) is 15.8 Å². The van der Waals surface area contributed by atoms with Gasteiger partial charge in [0.1, 0.15) is 0 Å². The molecule has 0 rings (SSSR count). The molecule has 0 heterocycles. The molecule has 0 amide bonds. The van der Waals surface area contributed by atoms with E-state index in [0.29, 0.717) is 0 Å². The van der Waals surface area contributed by atoms with Crippen LogP contribution in [-0.2, 0) is 0 Å². The Bertz CT molecular complexity index is 294. The summed E-state index contributed by atoms with van der Waals surface area (Å²) in [4.78, 5) is 0. The van der Waals surface area contributed by atoms with Crippen LogP contribution in [0.3, 0.4) is 0 Å². The number of hydrogen-bond acceptors (Lipinski definition) is 5. The van der Waals surface area contributed by atoms with Crippen LogP contribution in [0.1, 0.15) is 6.42 Å². The summed E-state index contributed by atoms with van der Waals surface area (Å²) in [7, 11) is 0. The molecule has 0 spiro atoms. The lowest BCUT2D eigenvalue weighted by Crippen LogP contribution is -2.25. The number of nitrogens with two attached hydrogens (primary N) is 2. The van der Waals surface area contributed by atoms with Crippen LogP contribution in [-0.4, -0.2) is 0 Å². The van der Waals surface area contributed by atoms with E-state index in [2.05, 4.69) is 0 Å². The minimum atomic E-state index is -1.59. The predicted molar refractivity (Wildman–Crippen MR) is 40.3 cm³/mol. The zero-order chi connectivity index (χ0) is 9.61. The van der Waals surface area contributed by atoms with Crippen LogP contribution >= 0.6 is 0 Å². The summed E-state index contributed by atoms with van der Waals surface area (Å²) >= 11 is 0. The van der Waals surface area contributed by atoms with Crippen LogP contribution in [0.15, 0.2) is 11.9 Å². The molecule has 0 aliphatic rings. The minimum absolute atomic E-state index is 0.0888. The zero-order valence-corrected chi connectivity index (χ0v) is 6.28. The maximum absolute atomic E-state index is 8.61. The molecule has 0 aromatic heterocycles. The molecule has 0 aromatic carbocycles. The van der Waals surface area contributed by atoms with Gasteiger partial charge in [0.25, 0.3) is 0 Å². The third-order valence-electron chi connectivity index (χ3n) is 1.40. The molecule has 0 radical (unpaired) electrons. The monoisotopic (exact) mass is 161 g/mol. The van der Waals surface area contributed by atoms with Crippen molar-refractivity contribution >= 4 is 0 Å². The van der Waals surface area contributed by atoms with Gasteiger partial charge in [0, 0.05) is 6.20 Å². The first-order chi connectivity index (χ1) is 5.66. The van der Waals surface area contributed by atoms with Gasteiger partial charge in [-0.25, -0.2) is 0 Å². The highest BCUT2D eigenvalue weighted by Crippen LogP contribution is 2.25. The van der Waals surface area contributed by atoms with Crippen LogP contribution in [0.2, 0.25) is 0 Å². The van der Waals surface area contributed by atoms with E-state index in [0.717, 1.165) is 6.20 Å². The first kappa shape index (κ1) is 9.81. The van der Waals surface area contributed by atoms with Gasteiger partial charge in [0.05, 0.1) is 30.3 Å². The van der Waals surface area contributed by atoms with Crippen molar-refractivity contribution in [2.24, 2.45) is 16.9 Å². The average Bonchev–Trinajstić information content (AvgIpc) is 2.13. The van der Waals surface area contributed by atoms with E-state index >= 15 is 0 Å². The molecule has 0 aliphatic carbocycles. The Morgan fingerprint density at radius 3 is 2.08 bits per heavy atom. The van der Waals surface area contributed by atoms with Crippen molar-refractivity contribution in [3.63, 3.8) is 0 Å². The van der Waals surface area contributed by atoms with Gasteiger partial charge in [0.2, 0.25) is 0 Å². The van der Waals surface area contributed by atoms with E-state index < -0.39 is 5.41 Å². The van der Waals surface area contributed by atoms with Gasteiger partial charge in [-0.15, -0.1) is 0 Å². The second-order valence-corrected chi connectivity index (χ2v) is 2.09. The molecule has 0 saturated carbocycles. The molecule has 60 valence electrons. The molecule has 0 fully saturated rings. The quantitative estimate of drug-likeness (QED) is 0.575. The summed E-state index contributed by atoms with van der Waals surface area (Å²) < 4.78 is 0. The van der Waals surface area contributed by atoms with Gasteiger partial charge in [-0.2, -0.15) is 15.8 Å². The number of allylic oxidation sites excluding steroid dienone is 1. The average molecular weight is 161 g/mol. The Balaban J connectivity index is 5.06. The van der Waals surface area contributed by atoms with E-state index in [1.807, 2.05) is 0 Å². The maximum atomic E-state index is 8.61. The zero-order valence-electron chi connectivity index (χ0n) is 6.28. The van der Waals surface area contributed by atoms with Gasteiger partial charge in [-0.3, -0.25) is 0 Å². The maximum Gasteiger partial charge on any atom is 0.196 e. The Labute approximate surface area is 70.1 Å². The van der Waals surface area contributed by atoms with Crippen LogP contribution < -0.4 is 11.5 Å². The summed E-state index contributed by atoms with van der Waals surface area (Å²) in [5, 5.41) is 25.6. The van der Waals surface area contributed by atoms with Crippen LogP contribution in [0, 0.1) is 39.4 Å². The van der Waals surface area contributed by atoms with Crippen molar-refractivity contribution in [3.8, 4) is 18.2 Å². The first-order valence-electron chi connectivity index (χ1n) is 3.04. The third kappa shape index (κ3) is 1.45. The summed E-state index contributed by atoms with van der Waals surface area (Å²) in [5.74, 6) is 0. The van der Waals surface area contributed by atoms with E-state index in [-0.39, 0.29) is 12.1 Å². The van der Waals surface area contributed by atoms with Crippen LogP contribution in [0.5, 0.6) is 0 Å². The molecular weight excluding hydrogens is 154 g/mol. The van der Waals surface area contributed by atoms with E-state index in [4.69, 9.17) is 27.3 Å². The van der Waals surface area contributed by atoms with Gasteiger partial charge in [-0.05, 0) is 0 Å². The molecule has 0 unspecified atom stereocenters. The first-order valence-corrected chi connectivity index (χ1v) is 3.04. The van der Waals surface area contributed by atoms with Crippen molar-refractivity contribution in [2.45, 2.75) is 6.42 Å².